The Bertz CT molecular complexity index is 539. The molecule has 0 aliphatic heterocycles. The van der Waals surface area contributed by atoms with Gasteiger partial charge in [-0.05, 0) is 36.7 Å². The molecule has 1 heterocycles. The Balaban J connectivity index is 1.79. The Hall–Kier alpha value is -1.50. The van der Waals surface area contributed by atoms with Crippen molar-refractivity contribution >= 4 is 22.0 Å². The predicted octanol–water partition coefficient (Wildman–Crippen LogP) is 3.29. The molecule has 6 nitrogen and oxygen atoms in total. The maximum absolute atomic E-state index is 11.7. The lowest BCUT2D eigenvalue weighted by atomic mass is 9.92. The van der Waals surface area contributed by atoms with Crippen LogP contribution >= 0.6 is 15.9 Å². The van der Waals surface area contributed by atoms with E-state index in [0.717, 1.165) is 4.47 Å². The maximum Gasteiger partial charge on any atom is 0.407 e. The maximum atomic E-state index is 11.7. The van der Waals surface area contributed by atoms with Crippen LogP contribution < -0.4 is 14.8 Å². The van der Waals surface area contributed by atoms with Gasteiger partial charge in [-0.2, -0.15) is 0 Å². The van der Waals surface area contributed by atoms with Gasteiger partial charge in [-0.3, -0.25) is 4.98 Å². The molecule has 1 saturated carbocycles. The van der Waals surface area contributed by atoms with E-state index in [-0.39, 0.29) is 23.8 Å². The summed E-state index contributed by atoms with van der Waals surface area (Å²) in [4.78, 5) is 15.7. The van der Waals surface area contributed by atoms with Crippen molar-refractivity contribution in [2.75, 3.05) is 7.11 Å². The highest BCUT2D eigenvalue weighted by atomic mass is 79.9. The van der Waals surface area contributed by atoms with Gasteiger partial charge in [-0.15, -0.1) is 0 Å². The van der Waals surface area contributed by atoms with Gasteiger partial charge in [0.05, 0.1) is 19.5 Å². The van der Waals surface area contributed by atoms with E-state index in [9.17, 15) is 4.79 Å². The van der Waals surface area contributed by atoms with Gasteiger partial charge >= 0.3 is 6.09 Å². The summed E-state index contributed by atoms with van der Waals surface area (Å²) in [6.07, 6.45) is 4.10. The molecule has 1 aromatic heterocycles. The smallest absolute Gasteiger partial charge is 0.407 e. The highest BCUT2D eigenvalue weighted by molar-refractivity contribution is 9.10. The zero-order valence-electron chi connectivity index (χ0n) is 13.2. The van der Waals surface area contributed by atoms with E-state index >= 15 is 0 Å². The number of hydrogen-bond acceptors (Lipinski definition) is 5. The highest BCUT2D eigenvalue weighted by Crippen LogP contribution is 2.36. The third kappa shape index (κ3) is 4.50. The molecule has 1 N–H and O–H groups in total. The number of pyridine rings is 1. The van der Waals surface area contributed by atoms with Gasteiger partial charge in [-0.25, -0.2) is 4.79 Å². The fourth-order valence-corrected chi connectivity index (χ4v) is 2.47. The van der Waals surface area contributed by atoms with Gasteiger partial charge in [0.25, 0.3) is 0 Å². The van der Waals surface area contributed by atoms with E-state index in [1.54, 1.807) is 19.5 Å². The number of hydrogen-bond donors (Lipinski definition) is 1. The topological polar surface area (TPSA) is 69.7 Å². The van der Waals surface area contributed by atoms with E-state index in [1.807, 2.05) is 20.8 Å². The molecule has 0 bridgehead atoms. The van der Waals surface area contributed by atoms with E-state index < -0.39 is 0 Å². The molecule has 1 fully saturated rings. The number of nitrogens with one attached hydrogen (secondary N) is 1. The summed E-state index contributed by atoms with van der Waals surface area (Å²) in [7, 11) is 1.58. The van der Waals surface area contributed by atoms with Crippen molar-refractivity contribution in [1.82, 2.24) is 10.3 Å². The molecule has 0 radical (unpaired) electrons. The van der Waals surface area contributed by atoms with Crippen LogP contribution in [0.2, 0.25) is 0 Å². The Morgan fingerprint density at radius 3 is 2.50 bits per heavy atom. The van der Waals surface area contributed by atoms with Crippen LogP contribution in [0.1, 0.15) is 33.6 Å². The average molecular weight is 373 g/mol. The first kappa shape index (κ1) is 16.9. The first-order valence-electron chi connectivity index (χ1n) is 7.11. The van der Waals surface area contributed by atoms with Crippen LogP contribution in [0.25, 0.3) is 0 Å². The molecular formula is C15H21BrN2O4. The van der Waals surface area contributed by atoms with Crippen LogP contribution in [0, 0.1) is 0 Å². The molecule has 0 unspecified atom stereocenters. The minimum atomic E-state index is -0.389. The third-order valence-corrected chi connectivity index (χ3v) is 3.91. The molecule has 122 valence electrons. The Kier molecular flexibility index (Phi) is 5.16. The van der Waals surface area contributed by atoms with Crippen molar-refractivity contribution in [2.24, 2.45) is 0 Å². The molecule has 22 heavy (non-hydrogen) atoms. The number of aromatic nitrogens is 1. The molecule has 7 heteroatoms. The monoisotopic (exact) mass is 372 g/mol. The Morgan fingerprint density at radius 2 is 1.91 bits per heavy atom. The lowest BCUT2D eigenvalue weighted by molar-refractivity contribution is -0.0248. The third-order valence-electron chi connectivity index (χ3n) is 3.13. The highest BCUT2D eigenvalue weighted by Gasteiger charge is 2.35. The predicted molar refractivity (Wildman–Crippen MR) is 85.3 cm³/mol. The number of carbonyl (C=O) groups excluding carboxylic acids is 1. The molecule has 1 amide bonds. The summed E-state index contributed by atoms with van der Waals surface area (Å²) < 4.78 is 17.1. The minimum Gasteiger partial charge on any atom is -0.494 e. The largest absolute Gasteiger partial charge is 0.494 e. The van der Waals surface area contributed by atoms with Crippen LogP contribution in [0.15, 0.2) is 16.9 Å². The fraction of sp³-hybridized carbons (Fsp3) is 0.600. The van der Waals surface area contributed by atoms with Crippen LogP contribution in [0.3, 0.4) is 0 Å². The normalized spacial score (nSPS) is 20.8. The lowest BCUT2D eigenvalue weighted by Crippen LogP contribution is -2.46. The van der Waals surface area contributed by atoms with E-state index in [4.69, 9.17) is 14.2 Å². The Labute approximate surface area is 138 Å². The summed E-state index contributed by atoms with van der Waals surface area (Å²) in [6.45, 7) is 5.73. The molecule has 1 aromatic rings. The second kappa shape index (κ2) is 6.73. The van der Waals surface area contributed by atoms with E-state index in [1.165, 1.54) is 0 Å². The number of halogens is 1. The van der Waals surface area contributed by atoms with Crippen molar-refractivity contribution in [2.45, 2.75) is 51.4 Å². The van der Waals surface area contributed by atoms with Gasteiger partial charge in [0.2, 0.25) is 0 Å². The van der Waals surface area contributed by atoms with Crippen molar-refractivity contribution in [1.29, 1.82) is 0 Å². The zero-order chi connectivity index (χ0) is 16.3. The summed E-state index contributed by atoms with van der Waals surface area (Å²) >= 11 is 3.43. The number of amides is 1. The zero-order valence-corrected chi connectivity index (χ0v) is 14.8. The number of methoxy groups -OCH3 is 1. The van der Waals surface area contributed by atoms with Gasteiger partial charge in [0.1, 0.15) is 16.7 Å². The molecule has 0 saturated heterocycles. The van der Waals surface area contributed by atoms with Gasteiger partial charge in [0, 0.05) is 18.4 Å². The van der Waals surface area contributed by atoms with Gasteiger partial charge in [0.15, 0.2) is 11.5 Å². The van der Waals surface area contributed by atoms with Crippen LogP contribution in [-0.4, -0.2) is 35.9 Å². The number of ether oxygens (including phenoxy) is 3. The lowest BCUT2D eigenvalue weighted by Gasteiger charge is -2.35. The summed E-state index contributed by atoms with van der Waals surface area (Å²) in [5.74, 6) is 1.25. The summed E-state index contributed by atoms with van der Waals surface area (Å²) in [5, 5.41) is 2.77. The molecule has 1 aliphatic carbocycles. The van der Waals surface area contributed by atoms with E-state index in [0.29, 0.717) is 24.3 Å². The minimum absolute atomic E-state index is 0.0117. The molecule has 1 aliphatic rings. The van der Waals surface area contributed by atoms with Gasteiger partial charge in [-0.1, -0.05) is 0 Å². The van der Waals surface area contributed by atoms with Gasteiger partial charge < -0.3 is 19.5 Å². The van der Waals surface area contributed by atoms with Crippen LogP contribution in [0.5, 0.6) is 11.5 Å². The van der Waals surface area contributed by atoms with Crippen molar-refractivity contribution < 1.29 is 19.0 Å². The standard InChI is InChI=1S/C15H21BrN2O4/c1-15(2,3)18-14(19)22-10-5-9(6-10)21-12-8-17-7-11(20-4)13(12)16/h7-10H,5-6H2,1-4H3,(H,18,19). The first-order chi connectivity index (χ1) is 10.3. The van der Waals surface area contributed by atoms with Crippen molar-refractivity contribution in [3.63, 3.8) is 0 Å². The molecule has 0 spiro atoms. The van der Waals surface area contributed by atoms with Crippen LogP contribution in [0.4, 0.5) is 4.79 Å². The second-order valence-corrected chi connectivity index (χ2v) is 7.06. The fourth-order valence-electron chi connectivity index (χ4n) is 2.01. The average Bonchev–Trinajstić information content (AvgIpc) is 2.36. The number of alkyl carbamates (subject to hydrolysis) is 1. The summed E-state index contributed by atoms with van der Waals surface area (Å²) in [5.41, 5.74) is -0.298. The van der Waals surface area contributed by atoms with Crippen molar-refractivity contribution in [3.05, 3.63) is 16.9 Å². The van der Waals surface area contributed by atoms with E-state index in [2.05, 4.69) is 26.2 Å². The molecule has 0 atom stereocenters. The van der Waals surface area contributed by atoms with Crippen molar-refractivity contribution in [3.8, 4) is 11.5 Å². The summed E-state index contributed by atoms with van der Waals surface area (Å²) in [6, 6.07) is 0. The quantitative estimate of drug-likeness (QED) is 0.877. The number of rotatable bonds is 4. The molecule has 0 aromatic carbocycles. The molecule has 2 rings (SSSR count). The first-order valence-corrected chi connectivity index (χ1v) is 7.90. The van der Waals surface area contributed by atoms with Crippen LogP contribution in [-0.2, 0) is 4.74 Å². The molecular weight excluding hydrogens is 352 g/mol. The Morgan fingerprint density at radius 1 is 1.27 bits per heavy atom. The second-order valence-electron chi connectivity index (χ2n) is 6.27. The number of carbonyl (C=O) groups is 1. The SMILES string of the molecule is COc1cncc(OC2CC(OC(=O)NC(C)(C)C)C2)c1Br. The number of nitrogens with zero attached hydrogens (tertiary/aromatic N) is 1.